The van der Waals surface area contributed by atoms with Gasteiger partial charge in [-0.3, -0.25) is 0 Å². The van der Waals surface area contributed by atoms with E-state index >= 15 is 0 Å². The van der Waals surface area contributed by atoms with Crippen LogP contribution in [0.25, 0.3) is 0 Å². The standard InChI is InChI=1S/C24H27ClFN7O2/c1-14-8-21(28-13-27-14)32-10-15-2-3-16(11-32)22(15)29-23-30-24(33(31-23)17-6-7-34-12-17)35-18-4-5-20(26)19(25)9-18/h4-5,8-9,13,15-17,22H,2-3,6-7,10-12H2,1H3,(H,29,31)/t15-,16+,17?,22+. The number of rotatable bonds is 6. The number of anilines is 2. The van der Waals surface area contributed by atoms with Gasteiger partial charge < -0.3 is 19.7 Å². The Bertz CT molecular complexity index is 1200. The van der Waals surface area contributed by atoms with E-state index in [4.69, 9.17) is 26.2 Å². The summed E-state index contributed by atoms with van der Waals surface area (Å²) in [6.45, 7) is 5.06. The predicted molar refractivity (Wildman–Crippen MR) is 129 cm³/mol. The molecule has 11 heteroatoms. The van der Waals surface area contributed by atoms with Crippen molar-refractivity contribution in [3.63, 3.8) is 0 Å². The molecule has 2 aliphatic heterocycles. The number of hydrogen-bond acceptors (Lipinski definition) is 8. The molecule has 3 aromatic rings. The number of benzene rings is 1. The van der Waals surface area contributed by atoms with Gasteiger partial charge in [-0.05, 0) is 50.2 Å². The Kier molecular flexibility index (Phi) is 5.93. The zero-order chi connectivity index (χ0) is 23.9. The van der Waals surface area contributed by atoms with Gasteiger partial charge in [0.2, 0.25) is 5.95 Å². The molecule has 35 heavy (non-hydrogen) atoms. The first-order valence-electron chi connectivity index (χ1n) is 12.0. The second kappa shape index (κ2) is 9.23. The van der Waals surface area contributed by atoms with Crippen molar-refractivity contribution in [2.24, 2.45) is 11.8 Å². The fourth-order valence-electron chi connectivity index (χ4n) is 5.45. The number of ether oxygens (including phenoxy) is 2. The number of aromatic nitrogens is 5. The molecule has 2 aromatic heterocycles. The lowest BCUT2D eigenvalue weighted by Gasteiger charge is -2.38. The van der Waals surface area contributed by atoms with E-state index in [1.54, 1.807) is 11.0 Å². The molecule has 1 aromatic carbocycles. The first-order chi connectivity index (χ1) is 17.0. The molecule has 3 aliphatic rings. The van der Waals surface area contributed by atoms with Crippen molar-refractivity contribution in [1.82, 2.24) is 24.7 Å². The Balaban J connectivity index is 1.21. The lowest BCUT2D eigenvalue weighted by atomic mass is 9.92. The van der Waals surface area contributed by atoms with E-state index in [9.17, 15) is 4.39 Å². The van der Waals surface area contributed by atoms with Crippen molar-refractivity contribution in [1.29, 1.82) is 0 Å². The molecule has 1 N–H and O–H groups in total. The summed E-state index contributed by atoms with van der Waals surface area (Å²) in [7, 11) is 0. The van der Waals surface area contributed by atoms with Crippen molar-refractivity contribution in [2.45, 2.75) is 38.3 Å². The molecule has 0 spiro atoms. The second-order valence-corrected chi connectivity index (χ2v) is 9.96. The number of hydrogen-bond donors (Lipinski definition) is 1. The number of nitrogens with zero attached hydrogens (tertiary/aromatic N) is 6. The molecule has 9 nitrogen and oxygen atoms in total. The summed E-state index contributed by atoms with van der Waals surface area (Å²) in [6, 6.07) is 6.95. The Morgan fingerprint density at radius 2 is 1.97 bits per heavy atom. The summed E-state index contributed by atoms with van der Waals surface area (Å²) in [4.78, 5) is 15.7. The van der Waals surface area contributed by atoms with Crippen LogP contribution in [0.2, 0.25) is 5.02 Å². The SMILES string of the molecule is Cc1cc(N2C[C@H]3CC[C@@H](C2)[C@H]3Nc2nc(Oc3ccc(F)c(Cl)c3)n(C3CCOC3)n2)ncn1. The first-order valence-corrected chi connectivity index (χ1v) is 12.4. The molecule has 4 atom stereocenters. The number of fused-ring (bicyclic) bond motifs is 2. The van der Waals surface area contributed by atoms with Gasteiger partial charge in [0, 0.05) is 43.6 Å². The van der Waals surface area contributed by atoms with E-state index < -0.39 is 5.82 Å². The minimum Gasteiger partial charge on any atom is -0.424 e. The quantitative estimate of drug-likeness (QED) is 0.538. The second-order valence-electron chi connectivity index (χ2n) is 9.55. The van der Waals surface area contributed by atoms with Crippen molar-refractivity contribution >= 4 is 23.4 Å². The third kappa shape index (κ3) is 4.52. The maximum Gasteiger partial charge on any atom is 0.322 e. The monoisotopic (exact) mass is 499 g/mol. The van der Waals surface area contributed by atoms with E-state index in [1.165, 1.54) is 18.2 Å². The van der Waals surface area contributed by atoms with Gasteiger partial charge in [-0.25, -0.2) is 19.0 Å². The van der Waals surface area contributed by atoms with E-state index in [1.807, 2.05) is 13.0 Å². The number of halogens is 2. The molecule has 3 fully saturated rings. The summed E-state index contributed by atoms with van der Waals surface area (Å²) in [5.74, 6) is 2.37. The summed E-state index contributed by atoms with van der Waals surface area (Å²) in [5.41, 5.74) is 0.975. The van der Waals surface area contributed by atoms with Gasteiger partial charge in [0.05, 0.1) is 17.7 Å². The van der Waals surface area contributed by atoms with E-state index in [2.05, 4.69) is 25.2 Å². The molecule has 6 rings (SSSR count). The van der Waals surface area contributed by atoms with E-state index in [0.29, 0.717) is 42.8 Å². The molecule has 0 amide bonds. The average molecular weight is 500 g/mol. The van der Waals surface area contributed by atoms with Gasteiger partial charge in [0.15, 0.2) is 0 Å². The largest absolute Gasteiger partial charge is 0.424 e. The van der Waals surface area contributed by atoms with Crippen LogP contribution >= 0.6 is 11.6 Å². The van der Waals surface area contributed by atoms with Crippen LogP contribution in [0, 0.1) is 24.6 Å². The predicted octanol–water partition coefficient (Wildman–Crippen LogP) is 4.25. The van der Waals surface area contributed by atoms with Gasteiger partial charge >= 0.3 is 6.01 Å². The van der Waals surface area contributed by atoms with Gasteiger partial charge in [0.1, 0.15) is 23.7 Å². The van der Waals surface area contributed by atoms with Crippen LogP contribution in [0.3, 0.4) is 0 Å². The Labute approximate surface area is 207 Å². The van der Waals surface area contributed by atoms with Gasteiger partial charge in [-0.15, -0.1) is 5.10 Å². The summed E-state index contributed by atoms with van der Waals surface area (Å²) >= 11 is 5.94. The maximum absolute atomic E-state index is 13.6. The summed E-state index contributed by atoms with van der Waals surface area (Å²) < 4.78 is 26.9. The van der Waals surface area contributed by atoms with Crippen molar-refractivity contribution < 1.29 is 13.9 Å². The number of piperidine rings is 1. The first kappa shape index (κ1) is 22.5. The Morgan fingerprint density at radius 3 is 2.69 bits per heavy atom. The van der Waals surface area contributed by atoms with Gasteiger partial charge in [-0.2, -0.15) is 4.98 Å². The van der Waals surface area contributed by atoms with Crippen molar-refractivity contribution in [2.75, 3.05) is 36.5 Å². The minimum absolute atomic E-state index is 0.00155. The molecule has 1 saturated carbocycles. The number of nitrogens with one attached hydrogen (secondary N) is 1. The highest BCUT2D eigenvalue weighted by atomic mass is 35.5. The normalized spacial score (nSPS) is 25.7. The van der Waals surface area contributed by atoms with Crippen LogP contribution in [-0.4, -0.2) is 57.1 Å². The zero-order valence-corrected chi connectivity index (χ0v) is 20.2. The Morgan fingerprint density at radius 1 is 1.14 bits per heavy atom. The van der Waals surface area contributed by atoms with Crippen LogP contribution in [0.15, 0.2) is 30.6 Å². The highest BCUT2D eigenvalue weighted by molar-refractivity contribution is 6.30. The number of aryl methyl sites for hydroxylation is 1. The molecule has 2 bridgehead atoms. The fraction of sp³-hybridized carbons (Fsp3) is 0.500. The third-order valence-electron chi connectivity index (χ3n) is 7.19. The van der Waals surface area contributed by atoms with Crippen LogP contribution in [0.1, 0.15) is 31.0 Å². The highest BCUT2D eigenvalue weighted by Gasteiger charge is 2.43. The van der Waals surface area contributed by atoms with Crippen LogP contribution in [0.5, 0.6) is 11.8 Å². The summed E-state index contributed by atoms with van der Waals surface area (Å²) in [6.07, 6.45) is 4.76. The van der Waals surface area contributed by atoms with Crippen LogP contribution in [0.4, 0.5) is 16.2 Å². The van der Waals surface area contributed by atoms with E-state index in [0.717, 1.165) is 43.9 Å². The minimum atomic E-state index is -0.494. The lowest BCUT2D eigenvalue weighted by molar-refractivity contribution is 0.182. The van der Waals surface area contributed by atoms with E-state index in [-0.39, 0.29) is 17.1 Å². The molecule has 1 unspecified atom stereocenters. The molecule has 4 heterocycles. The molecule has 184 valence electrons. The highest BCUT2D eigenvalue weighted by Crippen LogP contribution is 2.40. The van der Waals surface area contributed by atoms with Gasteiger partial charge in [0.25, 0.3) is 0 Å². The van der Waals surface area contributed by atoms with Crippen LogP contribution < -0.4 is 15.0 Å². The zero-order valence-electron chi connectivity index (χ0n) is 19.4. The molecular formula is C24H27ClFN7O2. The maximum atomic E-state index is 13.6. The average Bonchev–Trinajstić information content (AvgIpc) is 3.55. The van der Waals surface area contributed by atoms with Crippen molar-refractivity contribution in [3.8, 4) is 11.8 Å². The van der Waals surface area contributed by atoms with Crippen molar-refractivity contribution in [3.05, 3.63) is 47.1 Å². The molecule has 0 radical (unpaired) electrons. The topological polar surface area (TPSA) is 90.2 Å². The smallest absolute Gasteiger partial charge is 0.322 e. The molecule has 1 aliphatic carbocycles. The van der Waals surface area contributed by atoms with Gasteiger partial charge in [-0.1, -0.05) is 11.6 Å². The lowest BCUT2D eigenvalue weighted by Crippen LogP contribution is -2.48. The summed E-state index contributed by atoms with van der Waals surface area (Å²) in [5, 5.41) is 8.36. The third-order valence-corrected chi connectivity index (χ3v) is 7.48. The molecular weight excluding hydrogens is 473 g/mol. The fourth-order valence-corrected chi connectivity index (χ4v) is 5.62. The van der Waals surface area contributed by atoms with Crippen LogP contribution in [-0.2, 0) is 4.74 Å². The molecule has 2 saturated heterocycles. The Hall–Kier alpha value is -2.98.